The Morgan fingerprint density at radius 3 is 3.13 bits per heavy atom. The Hall–Kier alpha value is -1.09. The first-order chi connectivity index (χ1) is 7.31. The number of rotatable bonds is 1. The van der Waals surface area contributed by atoms with Gasteiger partial charge in [0.15, 0.2) is 0 Å². The summed E-state index contributed by atoms with van der Waals surface area (Å²) in [6, 6.07) is 0. The number of carbonyl (C=O) groups is 1. The first-order valence-corrected chi connectivity index (χ1v) is 5.50. The maximum atomic E-state index is 11.4. The highest BCUT2D eigenvalue weighted by Crippen LogP contribution is 2.31. The molecule has 0 amide bonds. The van der Waals surface area contributed by atoms with Crippen LogP contribution >= 0.6 is 0 Å². The van der Waals surface area contributed by atoms with Crippen LogP contribution in [0.1, 0.15) is 19.3 Å². The van der Waals surface area contributed by atoms with Gasteiger partial charge in [0.25, 0.3) is 0 Å². The number of allylic oxidation sites excluding steroid dienone is 2. The fraction of sp³-hybridized carbons (Fsp3) is 0.583. The molecule has 0 aromatic rings. The van der Waals surface area contributed by atoms with E-state index in [1.165, 1.54) is 12.7 Å². The lowest BCUT2D eigenvalue weighted by Gasteiger charge is -2.21. The van der Waals surface area contributed by atoms with E-state index in [1.54, 1.807) is 0 Å². The van der Waals surface area contributed by atoms with Crippen LogP contribution < -0.4 is 5.32 Å². The summed E-state index contributed by atoms with van der Waals surface area (Å²) in [5.41, 5.74) is 2.29. The molecule has 1 N–H and O–H groups in total. The standard InChI is InChI=1S/C12H17NO2/c1-15-12(14)11-3-2-9-4-6-13-7-5-10(9)8-11/h2-3,10,13H,4-8H2,1H3. The molecular weight excluding hydrogens is 190 g/mol. The molecule has 1 heterocycles. The normalized spacial score (nSPS) is 25.8. The minimum Gasteiger partial charge on any atom is -0.466 e. The van der Waals surface area contributed by atoms with E-state index < -0.39 is 0 Å². The van der Waals surface area contributed by atoms with E-state index in [-0.39, 0.29) is 5.97 Å². The van der Waals surface area contributed by atoms with Gasteiger partial charge < -0.3 is 10.1 Å². The van der Waals surface area contributed by atoms with Gasteiger partial charge in [-0.25, -0.2) is 4.79 Å². The molecule has 1 unspecified atom stereocenters. The molecule has 0 spiro atoms. The first-order valence-electron chi connectivity index (χ1n) is 5.50. The Labute approximate surface area is 90.2 Å². The van der Waals surface area contributed by atoms with E-state index >= 15 is 0 Å². The third-order valence-corrected chi connectivity index (χ3v) is 3.20. The number of hydrogen-bond donors (Lipinski definition) is 1. The first kappa shape index (κ1) is 10.4. The summed E-state index contributed by atoms with van der Waals surface area (Å²) < 4.78 is 4.75. The van der Waals surface area contributed by atoms with Gasteiger partial charge >= 0.3 is 5.97 Å². The van der Waals surface area contributed by atoms with Crippen molar-refractivity contribution in [1.29, 1.82) is 0 Å². The molecule has 82 valence electrons. The summed E-state index contributed by atoms with van der Waals surface area (Å²) >= 11 is 0. The van der Waals surface area contributed by atoms with Crippen molar-refractivity contribution in [3.05, 3.63) is 23.3 Å². The van der Waals surface area contributed by atoms with Crippen LogP contribution in [0.25, 0.3) is 0 Å². The number of esters is 1. The summed E-state index contributed by atoms with van der Waals surface area (Å²) in [4.78, 5) is 11.4. The van der Waals surface area contributed by atoms with Crippen molar-refractivity contribution in [2.24, 2.45) is 5.92 Å². The number of ether oxygens (including phenoxy) is 1. The molecule has 0 radical (unpaired) electrons. The Morgan fingerprint density at radius 1 is 1.47 bits per heavy atom. The van der Waals surface area contributed by atoms with Crippen LogP contribution in [-0.2, 0) is 9.53 Å². The third-order valence-electron chi connectivity index (χ3n) is 3.20. The smallest absolute Gasteiger partial charge is 0.333 e. The fourth-order valence-corrected chi connectivity index (χ4v) is 2.30. The van der Waals surface area contributed by atoms with Crippen molar-refractivity contribution in [3.8, 4) is 0 Å². The second-order valence-electron chi connectivity index (χ2n) is 4.11. The molecule has 0 bridgehead atoms. The predicted molar refractivity (Wildman–Crippen MR) is 58.4 cm³/mol. The molecule has 0 aromatic carbocycles. The third kappa shape index (κ3) is 2.29. The number of methoxy groups -OCH3 is 1. The largest absolute Gasteiger partial charge is 0.466 e. The van der Waals surface area contributed by atoms with Gasteiger partial charge in [-0.05, 0) is 38.3 Å². The van der Waals surface area contributed by atoms with Gasteiger partial charge in [0, 0.05) is 5.57 Å². The summed E-state index contributed by atoms with van der Waals surface area (Å²) in [6.07, 6.45) is 7.10. The Morgan fingerprint density at radius 2 is 2.33 bits per heavy atom. The molecule has 1 aliphatic heterocycles. The molecule has 1 aliphatic carbocycles. The van der Waals surface area contributed by atoms with E-state index in [1.807, 2.05) is 6.08 Å². The maximum Gasteiger partial charge on any atom is 0.333 e. The van der Waals surface area contributed by atoms with E-state index in [2.05, 4.69) is 11.4 Å². The number of fused-ring (bicyclic) bond motifs is 1. The van der Waals surface area contributed by atoms with Crippen LogP contribution in [0.15, 0.2) is 23.3 Å². The minimum atomic E-state index is -0.178. The van der Waals surface area contributed by atoms with Gasteiger partial charge in [0.1, 0.15) is 0 Å². The van der Waals surface area contributed by atoms with Crippen LogP contribution in [-0.4, -0.2) is 26.2 Å². The molecule has 3 nitrogen and oxygen atoms in total. The zero-order valence-electron chi connectivity index (χ0n) is 9.08. The zero-order valence-corrected chi connectivity index (χ0v) is 9.08. The van der Waals surface area contributed by atoms with Gasteiger partial charge in [-0.15, -0.1) is 0 Å². The van der Waals surface area contributed by atoms with Crippen molar-refractivity contribution in [2.45, 2.75) is 19.3 Å². The lowest BCUT2D eigenvalue weighted by molar-refractivity contribution is -0.136. The van der Waals surface area contributed by atoms with Crippen LogP contribution in [0.4, 0.5) is 0 Å². The van der Waals surface area contributed by atoms with Crippen molar-refractivity contribution in [2.75, 3.05) is 20.2 Å². The second-order valence-corrected chi connectivity index (χ2v) is 4.11. The van der Waals surface area contributed by atoms with Crippen LogP contribution in [0.5, 0.6) is 0 Å². The zero-order chi connectivity index (χ0) is 10.7. The Bertz CT molecular complexity index is 318. The average Bonchev–Trinajstić information content (AvgIpc) is 2.51. The van der Waals surface area contributed by atoms with Crippen molar-refractivity contribution >= 4 is 5.97 Å². The molecule has 3 heteroatoms. The van der Waals surface area contributed by atoms with Gasteiger partial charge in [-0.3, -0.25) is 0 Å². The molecule has 0 saturated carbocycles. The molecule has 2 rings (SSSR count). The van der Waals surface area contributed by atoms with E-state index in [0.29, 0.717) is 5.92 Å². The highest BCUT2D eigenvalue weighted by Gasteiger charge is 2.24. The van der Waals surface area contributed by atoms with Gasteiger partial charge in [0.2, 0.25) is 0 Å². The average molecular weight is 207 g/mol. The maximum absolute atomic E-state index is 11.4. The quantitative estimate of drug-likeness (QED) is 0.661. The topological polar surface area (TPSA) is 38.3 Å². The summed E-state index contributed by atoms with van der Waals surface area (Å²) in [6.45, 7) is 2.11. The molecule has 1 saturated heterocycles. The van der Waals surface area contributed by atoms with E-state index in [9.17, 15) is 4.79 Å². The highest BCUT2D eigenvalue weighted by molar-refractivity contribution is 5.89. The lowest BCUT2D eigenvalue weighted by Crippen LogP contribution is -2.16. The predicted octanol–water partition coefficient (Wildman–Crippen LogP) is 1.42. The molecule has 1 fully saturated rings. The summed E-state index contributed by atoms with van der Waals surface area (Å²) in [5.74, 6) is 0.363. The van der Waals surface area contributed by atoms with Crippen LogP contribution in [0.3, 0.4) is 0 Å². The summed E-state index contributed by atoms with van der Waals surface area (Å²) in [7, 11) is 1.44. The van der Waals surface area contributed by atoms with Crippen molar-refractivity contribution < 1.29 is 9.53 Å². The van der Waals surface area contributed by atoms with Crippen LogP contribution in [0.2, 0.25) is 0 Å². The van der Waals surface area contributed by atoms with Crippen molar-refractivity contribution in [3.63, 3.8) is 0 Å². The van der Waals surface area contributed by atoms with E-state index in [0.717, 1.165) is 37.9 Å². The molecule has 15 heavy (non-hydrogen) atoms. The molecular formula is C12H17NO2. The molecule has 0 aromatic heterocycles. The van der Waals surface area contributed by atoms with E-state index in [4.69, 9.17) is 4.74 Å². The lowest BCUT2D eigenvalue weighted by atomic mass is 9.84. The molecule has 2 aliphatic rings. The summed E-state index contributed by atoms with van der Waals surface area (Å²) in [5, 5.41) is 3.38. The van der Waals surface area contributed by atoms with Crippen LogP contribution in [0, 0.1) is 5.92 Å². The van der Waals surface area contributed by atoms with Gasteiger partial charge in [-0.2, -0.15) is 0 Å². The number of hydrogen-bond acceptors (Lipinski definition) is 3. The monoisotopic (exact) mass is 207 g/mol. The van der Waals surface area contributed by atoms with Gasteiger partial charge in [0.05, 0.1) is 7.11 Å². The van der Waals surface area contributed by atoms with Crippen molar-refractivity contribution in [1.82, 2.24) is 5.32 Å². The number of nitrogens with one attached hydrogen (secondary N) is 1. The minimum absolute atomic E-state index is 0.178. The Kier molecular flexibility index (Phi) is 3.21. The second kappa shape index (κ2) is 4.62. The SMILES string of the molecule is COC(=O)C1=CC=C2CCNCCC2C1. The Balaban J connectivity index is 2.12. The molecule has 1 atom stereocenters. The fourth-order valence-electron chi connectivity index (χ4n) is 2.30. The number of carbonyl (C=O) groups excluding carboxylic acids is 1. The van der Waals surface area contributed by atoms with Gasteiger partial charge in [-0.1, -0.05) is 17.7 Å². The highest BCUT2D eigenvalue weighted by atomic mass is 16.5.